The summed E-state index contributed by atoms with van der Waals surface area (Å²) < 4.78 is 0. The fraction of sp³-hybridized carbons (Fsp3) is 0.189. The van der Waals surface area contributed by atoms with Crippen molar-refractivity contribution < 1.29 is 0 Å². The summed E-state index contributed by atoms with van der Waals surface area (Å²) in [7, 11) is 0. The second-order valence-corrected chi connectivity index (χ2v) is 12.1. The van der Waals surface area contributed by atoms with Crippen molar-refractivity contribution in [2.75, 3.05) is 0 Å². The van der Waals surface area contributed by atoms with Crippen LogP contribution in [0.3, 0.4) is 0 Å². The number of rotatable bonds is 0. The van der Waals surface area contributed by atoms with E-state index in [0.29, 0.717) is 0 Å². The molecule has 0 amide bonds. The van der Waals surface area contributed by atoms with Crippen molar-refractivity contribution in [1.29, 1.82) is 0 Å². The van der Waals surface area contributed by atoms with Gasteiger partial charge >= 0.3 is 0 Å². The topological polar surface area (TPSA) is 0 Å². The Morgan fingerprint density at radius 3 is 1.46 bits per heavy atom. The zero-order chi connectivity index (χ0) is 25.2. The monoisotopic (exact) mass is 474 g/mol. The van der Waals surface area contributed by atoms with Crippen molar-refractivity contribution in [3.05, 3.63) is 154 Å². The molecule has 178 valence electrons. The van der Waals surface area contributed by atoms with Gasteiger partial charge in [-0.1, -0.05) is 137 Å². The molecule has 1 spiro atoms. The normalized spacial score (nSPS) is 17.8. The lowest BCUT2D eigenvalue weighted by Gasteiger charge is -2.46. The number of hydrogen-bond donors (Lipinski definition) is 0. The second kappa shape index (κ2) is 6.69. The minimum absolute atomic E-state index is 0.0666. The van der Waals surface area contributed by atoms with Crippen molar-refractivity contribution in [3.8, 4) is 22.3 Å². The Morgan fingerprint density at radius 1 is 0.351 bits per heavy atom. The van der Waals surface area contributed by atoms with Gasteiger partial charge in [-0.25, -0.2) is 0 Å². The molecule has 0 saturated heterocycles. The van der Waals surface area contributed by atoms with Crippen molar-refractivity contribution in [3.63, 3.8) is 0 Å². The van der Waals surface area contributed by atoms with Gasteiger partial charge in [0.15, 0.2) is 0 Å². The van der Waals surface area contributed by atoms with Crippen molar-refractivity contribution in [2.24, 2.45) is 0 Å². The predicted octanol–water partition coefficient (Wildman–Crippen LogP) is 9.00. The van der Waals surface area contributed by atoms with Gasteiger partial charge in [-0.15, -0.1) is 0 Å². The molecule has 8 rings (SSSR count). The Balaban J connectivity index is 1.59. The van der Waals surface area contributed by atoms with E-state index in [0.717, 1.165) is 0 Å². The van der Waals surface area contributed by atoms with E-state index >= 15 is 0 Å². The Labute approximate surface area is 219 Å². The van der Waals surface area contributed by atoms with Crippen molar-refractivity contribution in [2.45, 2.75) is 43.9 Å². The van der Waals surface area contributed by atoms with Crippen LogP contribution in [0, 0.1) is 0 Å². The van der Waals surface area contributed by atoms with Crippen LogP contribution in [-0.4, -0.2) is 0 Å². The van der Waals surface area contributed by atoms with E-state index in [2.05, 4.69) is 137 Å². The quantitative estimate of drug-likeness (QED) is 0.206. The summed E-state index contributed by atoms with van der Waals surface area (Å²) in [4.78, 5) is 0. The summed E-state index contributed by atoms with van der Waals surface area (Å²) in [5, 5.41) is 0. The predicted molar refractivity (Wildman–Crippen MR) is 153 cm³/mol. The fourth-order valence-corrected chi connectivity index (χ4v) is 8.22. The first-order valence-electron chi connectivity index (χ1n) is 13.5. The van der Waals surface area contributed by atoms with Crippen LogP contribution in [0.25, 0.3) is 22.3 Å². The Bertz CT molecular complexity index is 1730. The van der Waals surface area contributed by atoms with E-state index in [1.807, 2.05) is 0 Å². The molecule has 37 heavy (non-hydrogen) atoms. The Hall–Kier alpha value is -3.90. The van der Waals surface area contributed by atoms with Gasteiger partial charge in [0, 0.05) is 10.8 Å². The molecule has 0 nitrogen and oxygen atoms in total. The maximum atomic E-state index is 2.46. The summed E-state index contributed by atoms with van der Waals surface area (Å²) >= 11 is 0. The Morgan fingerprint density at radius 2 is 0.838 bits per heavy atom. The van der Waals surface area contributed by atoms with Crippen LogP contribution in [0.15, 0.2) is 109 Å². The number of hydrogen-bond acceptors (Lipinski definition) is 0. The molecule has 5 aromatic rings. The van der Waals surface area contributed by atoms with Gasteiger partial charge in [0.25, 0.3) is 0 Å². The molecule has 5 aromatic carbocycles. The third-order valence-electron chi connectivity index (χ3n) is 9.73. The molecule has 0 aromatic heterocycles. The van der Waals surface area contributed by atoms with Crippen molar-refractivity contribution >= 4 is 0 Å². The van der Waals surface area contributed by atoms with E-state index in [-0.39, 0.29) is 16.2 Å². The van der Waals surface area contributed by atoms with Crippen LogP contribution in [0.4, 0.5) is 0 Å². The maximum absolute atomic E-state index is 2.46. The van der Waals surface area contributed by atoms with E-state index in [9.17, 15) is 0 Å². The van der Waals surface area contributed by atoms with E-state index in [4.69, 9.17) is 0 Å². The van der Waals surface area contributed by atoms with E-state index in [1.54, 1.807) is 0 Å². The zero-order valence-electron chi connectivity index (χ0n) is 21.9. The van der Waals surface area contributed by atoms with Gasteiger partial charge in [-0.05, 0) is 66.8 Å². The fourth-order valence-electron chi connectivity index (χ4n) is 8.22. The summed E-state index contributed by atoms with van der Waals surface area (Å²) in [5.41, 5.74) is 16.6. The van der Waals surface area contributed by atoms with Crippen LogP contribution < -0.4 is 0 Å². The Kier molecular flexibility index (Phi) is 3.84. The SMILES string of the molecule is CC1(C)c2ccccc2C2(c3ccccc3-c3c2ccc2c3C(C)(C)c3ccccc3-2)c2ccccc21. The van der Waals surface area contributed by atoms with Crippen LogP contribution in [0.2, 0.25) is 0 Å². The molecule has 0 unspecified atom stereocenters. The number of benzene rings is 5. The smallest absolute Gasteiger partial charge is 0.0619 e. The van der Waals surface area contributed by atoms with Gasteiger partial charge in [0.05, 0.1) is 5.41 Å². The highest BCUT2D eigenvalue weighted by Gasteiger charge is 2.55. The second-order valence-electron chi connectivity index (χ2n) is 12.1. The average Bonchev–Trinajstić information content (AvgIpc) is 3.35. The van der Waals surface area contributed by atoms with Crippen molar-refractivity contribution in [1.82, 2.24) is 0 Å². The average molecular weight is 475 g/mol. The third-order valence-corrected chi connectivity index (χ3v) is 9.73. The van der Waals surface area contributed by atoms with Gasteiger partial charge in [0.1, 0.15) is 0 Å². The highest BCUT2D eigenvalue weighted by Crippen LogP contribution is 2.65. The largest absolute Gasteiger partial charge is 0.0719 e. The summed E-state index contributed by atoms with van der Waals surface area (Å²) in [6.45, 7) is 9.61. The molecule has 0 fully saturated rings. The summed E-state index contributed by atoms with van der Waals surface area (Å²) in [5.74, 6) is 0. The molecule has 0 atom stereocenters. The highest BCUT2D eigenvalue weighted by atomic mass is 14.6. The maximum Gasteiger partial charge on any atom is 0.0719 e. The first kappa shape index (κ1) is 21.2. The van der Waals surface area contributed by atoms with E-state index in [1.165, 1.54) is 66.8 Å². The molecule has 0 saturated carbocycles. The van der Waals surface area contributed by atoms with Crippen LogP contribution in [-0.2, 0) is 16.2 Å². The molecule has 0 radical (unpaired) electrons. The van der Waals surface area contributed by atoms with Crippen LogP contribution in [0.1, 0.15) is 72.2 Å². The minimum atomic E-state index is -0.325. The lowest BCUT2D eigenvalue weighted by Crippen LogP contribution is -2.40. The van der Waals surface area contributed by atoms with Crippen LogP contribution in [0.5, 0.6) is 0 Å². The van der Waals surface area contributed by atoms with Gasteiger partial charge in [-0.3, -0.25) is 0 Å². The molecule has 0 heterocycles. The molecule has 3 aliphatic carbocycles. The summed E-state index contributed by atoms with van der Waals surface area (Å²) in [6, 6.07) is 41.5. The number of fused-ring (bicyclic) bond motifs is 13. The molecule has 0 heteroatoms. The van der Waals surface area contributed by atoms with Crippen LogP contribution >= 0.6 is 0 Å². The molecule has 0 N–H and O–H groups in total. The molecular formula is C37H30. The molecule has 3 aliphatic rings. The first-order chi connectivity index (χ1) is 17.9. The van der Waals surface area contributed by atoms with Gasteiger partial charge < -0.3 is 0 Å². The standard InChI is InChI=1S/C37H30/c1-35(2)28-17-9-11-19-30(28)37(31-20-12-10-18-29(31)35)27-16-8-6-14-25(27)33-32(37)22-21-24-23-13-5-7-15-26(23)36(3,4)34(24)33/h5-22H,1-4H3. The third kappa shape index (κ3) is 2.27. The molecular weight excluding hydrogens is 444 g/mol. The minimum Gasteiger partial charge on any atom is -0.0619 e. The van der Waals surface area contributed by atoms with Gasteiger partial charge in [-0.2, -0.15) is 0 Å². The lowest BCUT2D eigenvalue weighted by molar-refractivity contribution is 0.563. The molecule has 0 aliphatic heterocycles. The first-order valence-corrected chi connectivity index (χ1v) is 13.5. The summed E-state index contributed by atoms with van der Waals surface area (Å²) in [6.07, 6.45) is 0. The van der Waals surface area contributed by atoms with Gasteiger partial charge in [0.2, 0.25) is 0 Å². The van der Waals surface area contributed by atoms with E-state index < -0.39 is 0 Å². The highest BCUT2D eigenvalue weighted by molar-refractivity contribution is 5.97. The lowest BCUT2D eigenvalue weighted by atomic mass is 9.55. The molecule has 0 bridgehead atoms. The zero-order valence-corrected chi connectivity index (χ0v) is 21.9.